The van der Waals surface area contributed by atoms with Crippen LogP contribution in [0.1, 0.15) is 0 Å². The Labute approximate surface area is 147 Å². The van der Waals surface area contributed by atoms with E-state index in [4.69, 9.17) is 29.8 Å². The van der Waals surface area contributed by atoms with E-state index in [1.807, 2.05) is 0 Å². The summed E-state index contributed by atoms with van der Waals surface area (Å²) in [7, 11) is -12.6. The molecule has 0 saturated heterocycles. The van der Waals surface area contributed by atoms with Crippen molar-refractivity contribution in [3.8, 4) is 0 Å². The van der Waals surface area contributed by atoms with E-state index in [0.29, 0.717) is 0 Å². The quantitative estimate of drug-likeness (QED) is 0.213. The maximum Gasteiger partial charge on any atom is 0.708 e. The van der Waals surface area contributed by atoms with E-state index >= 15 is 0 Å². The van der Waals surface area contributed by atoms with Gasteiger partial charge in [0, 0.05) is 30.8 Å². The number of hydrogen-bond acceptors (Lipinski definition) is 10. The van der Waals surface area contributed by atoms with E-state index in [1.165, 1.54) is 0 Å². The van der Waals surface area contributed by atoms with Crippen molar-refractivity contribution in [1.29, 1.82) is 0 Å². The summed E-state index contributed by atoms with van der Waals surface area (Å²) in [4.78, 5) is 31.8. The van der Waals surface area contributed by atoms with Gasteiger partial charge in [-0.25, -0.2) is 9.13 Å². The van der Waals surface area contributed by atoms with Crippen molar-refractivity contribution >= 4 is 32.2 Å². The first-order valence-corrected chi connectivity index (χ1v) is 9.83. The zero-order valence-electron chi connectivity index (χ0n) is 11.7. The average molecular weight is 460 g/mol. The number of rotatable bonds is 7. The third-order valence-corrected chi connectivity index (χ3v) is 4.11. The zero-order valence-corrected chi connectivity index (χ0v) is 16.8. The van der Waals surface area contributed by atoms with Crippen molar-refractivity contribution in [2.24, 2.45) is 0 Å². The van der Waals surface area contributed by atoms with E-state index in [-0.39, 0.29) is 34.9 Å². The van der Waals surface area contributed by atoms with E-state index in [1.54, 1.807) is 0 Å². The number of hydrogen-bond donors (Lipinski definition) is 6. The van der Waals surface area contributed by atoms with Gasteiger partial charge in [0.1, 0.15) is 0 Å². The standard InChI is InChI=1S/C2H6O2.2CH4O6P2.Ti/c3-1-2-4;2*1-6-8(2)7-9(3,4)5;/h3-4H,1-2H2;2*1H3,(H-,3,4,5);/p+2. The summed E-state index contributed by atoms with van der Waals surface area (Å²) in [5.41, 5.74) is 0. The van der Waals surface area contributed by atoms with Gasteiger partial charge in [-0.2, -0.15) is 0 Å². The van der Waals surface area contributed by atoms with Crippen LogP contribution in [0.2, 0.25) is 0 Å². The molecule has 2 unspecified atom stereocenters. The number of aliphatic hydroxyl groups excluding tert-OH is 2. The summed E-state index contributed by atoms with van der Waals surface area (Å²) >= 11 is 0. The van der Waals surface area contributed by atoms with Crippen molar-refractivity contribution in [3.63, 3.8) is 0 Å². The molecule has 0 aliphatic rings. The molecule has 0 saturated carbocycles. The van der Waals surface area contributed by atoms with Crippen molar-refractivity contribution in [1.82, 2.24) is 0 Å². The Balaban J connectivity index is -0.000000124. The number of aliphatic hydroxyl groups is 2. The summed E-state index contributed by atoms with van der Waals surface area (Å²) in [6.07, 6.45) is 0. The van der Waals surface area contributed by atoms with Crippen molar-refractivity contribution < 1.29 is 87.4 Å². The second kappa shape index (κ2) is 17.8. The molecule has 0 fully saturated rings. The van der Waals surface area contributed by atoms with E-state index in [2.05, 4.69) is 17.7 Å². The first-order chi connectivity index (χ1) is 9.82. The van der Waals surface area contributed by atoms with Gasteiger partial charge in [0.05, 0.1) is 27.4 Å². The molecule has 19 heteroatoms. The van der Waals surface area contributed by atoms with Crippen LogP contribution in [0.3, 0.4) is 0 Å². The van der Waals surface area contributed by atoms with Gasteiger partial charge in [0.25, 0.3) is 0 Å². The van der Waals surface area contributed by atoms with Crippen LogP contribution in [0.4, 0.5) is 0 Å². The Morgan fingerprint density at radius 3 is 1.04 bits per heavy atom. The van der Waals surface area contributed by atoms with Gasteiger partial charge in [-0.3, -0.25) is 0 Å². The third kappa shape index (κ3) is 39.6. The van der Waals surface area contributed by atoms with Crippen LogP contribution >= 0.6 is 32.2 Å². The molecule has 0 heterocycles. The molecule has 0 spiro atoms. The Bertz CT molecular complexity index is 364. The Kier molecular flexibility index (Phi) is 24.5. The second-order valence-electron chi connectivity index (χ2n) is 2.40. The van der Waals surface area contributed by atoms with E-state index in [9.17, 15) is 18.3 Å². The fourth-order valence-corrected chi connectivity index (χ4v) is 2.16. The maximum absolute atomic E-state index is 10.0. The molecule has 0 amide bonds. The maximum atomic E-state index is 10.0. The zero-order chi connectivity index (χ0) is 18.4. The van der Waals surface area contributed by atoms with Crippen LogP contribution in [0.15, 0.2) is 0 Å². The van der Waals surface area contributed by atoms with Crippen LogP contribution in [0.25, 0.3) is 0 Å². The Morgan fingerprint density at radius 2 is 1.00 bits per heavy atom. The predicted octanol–water partition coefficient (Wildman–Crippen LogP) is -0.233. The van der Waals surface area contributed by atoms with Crippen LogP contribution in [-0.2, 0) is 57.6 Å². The van der Waals surface area contributed by atoms with Crippen LogP contribution < -0.4 is 0 Å². The van der Waals surface area contributed by atoms with Gasteiger partial charge in [-0.1, -0.05) is 0 Å². The molecule has 0 bridgehead atoms. The summed E-state index contributed by atoms with van der Waals surface area (Å²) < 4.78 is 54.6. The Hall–Kier alpha value is 0.974. The molecular formula is C4H16O14P4Ti+2. The minimum absolute atomic E-state index is 0. The fraction of sp³-hybridized carbons (Fsp3) is 1.00. The molecule has 14 nitrogen and oxygen atoms in total. The average Bonchev–Trinajstić information content (AvgIpc) is 2.35. The minimum Gasteiger partial charge on any atom is -0.394 e. The monoisotopic (exact) mass is 460 g/mol. The van der Waals surface area contributed by atoms with E-state index < -0.39 is 32.2 Å². The topological polar surface area (TPSA) is 227 Å². The molecule has 0 radical (unpaired) electrons. The van der Waals surface area contributed by atoms with Gasteiger partial charge in [0.15, 0.2) is 0 Å². The summed E-state index contributed by atoms with van der Waals surface area (Å²) in [5.74, 6) is 0. The molecular weight excluding hydrogens is 444 g/mol. The van der Waals surface area contributed by atoms with Gasteiger partial charge in [-0.15, -0.1) is 9.05 Å². The van der Waals surface area contributed by atoms with Crippen LogP contribution in [0.5, 0.6) is 0 Å². The Morgan fingerprint density at radius 1 is 0.783 bits per heavy atom. The van der Waals surface area contributed by atoms with Crippen molar-refractivity contribution in [2.45, 2.75) is 0 Å². The third-order valence-electron chi connectivity index (χ3n) is 0.744. The molecule has 0 aromatic rings. The molecule has 2 atom stereocenters. The summed E-state index contributed by atoms with van der Waals surface area (Å²) in [5, 5.41) is 15.2. The molecule has 23 heavy (non-hydrogen) atoms. The normalized spacial score (nSPS) is 11.8. The van der Waals surface area contributed by atoms with Gasteiger partial charge < -0.3 is 29.8 Å². The van der Waals surface area contributed by atoms with E-state index in [0.717, 1.165) is 14.2 Å². The molecule has 6 N–H and O–H groups in total. The second-order valence-corrected chi connectivity index (χ2v) is 7.30. The van der Waals surface area contributed by atoms with Gasteiger partial charge in [0.2, 0.25) is 0 Å². The molecule has 0 aromatic carbocycles. The SMILES string of the molecule is CO[P+](=O)OP(=O)(O)O.CO[P+](=O)OP(=O)(O)O.OCCO.[Ti]. The molecule has 0 aliphatic carbocycles. The smallest absolute Gasteiger partial charge is 0.394 e. The first-order valence-electron chi connectivity index (χ1n) is 4.57. The van der Waals surface area contributed by atoms with Gasteiger partial charge >= 0.3 is 32.2 Å². The van der Waals surface area contributed by atoms with Crippen LogP contribution in [-0.4, -0.2) is 57.2 Å². The van der Waals surface area contributed by atoms with Crippen molar-refractivity contribution in [2.75, 3.05) is 27.4 Å². The van der Waals surface area contributed by atoms with Gasteiger partial charge in [-0.05, 0) is 8.62 Å². The first kappa shape index (κ1) is 31.7. The largest absolute Gasteiger partial charge is 0.708 e. The molecule has 138 valence electrons. The summed E-state index contributed by atoms with van der Waals surface area (Å²) in [6.45, 7) is -0.250. The molecule has 0 rings (SSSR count). The predicted molar refractivity (Wildman–Crippen MR) is 69.7 cm³/mol. The summed E-state index contributed by atoms with van der Waals surface area (Å²) in [6, 6.07) is 0. The van der Waals surface area contributed by atoms with Crippen LogP contribution in [0, 0.1) is 0 Å². The molecule has 0 aliphatic heterocycles. The minimum atomic E-state index is -4.65. The van der Waals surface area contributed by atoms with Crippen molar-refractivity contribution in [3.05, 3.63) is 0 Å². The molecule has 0 aromatic heterocycles. The fourth-order valence-electron chi connectivity index (χ4n) is 0.240. The number of phosphoric acid groups is 2.